The van der Waals surface area contributed by atoms with Crippen LogP contribution in [0.5, 0.6) is 5.75 Å². The number of hydrogen-bond acceptors (Lipinski definition) is 10. The second-order valence-corrected chi connectivity index (χ2v) is 9.87. The molecule has 0 amide bonds. The van der Waals surface area contributed by atoms with Gasteiger partial charge < -0.3 is 16.6 Å². The topological polar surface area (TPSA) is 192 Å². The first-order valence-corrected chi connectivity index (χ1v) is 14.0. The van der Waals surface area contributed by atoms with E-state index in [0.29, 0.717) is 46.8 Å². The summed E-state index contributed by atoms with van der Waals surface area (Å²) < 4.78 is 3.62. The molecule has 0 spiro atoms. The van der Waals surface area contributed by atoms with E-state index in [0.717, 1.165) is 29.6 Å². The monoisotopic (exact) mass is 599 g/mol. The van der Waals surface area contributed by atoms with Crippen molar-refractivity contribution in [2.24, 2.45) is 5.73 Å². The van der Waals surface area contributed by atoms with Crippen molar-refractivity contribution in [2.75, 3.05) is 12.8 Å². The summed E-state index contributed by atoms with van der Waals surface area (Å²) in [5.74, 6) is 1.60. The molecule has 2 aromatic carbocycles. The summed E-state index contributed by atoms with van der Waals surface area (Å²) in [6.07, 6.45) is 9.33. The minimum Gasteiger partial charge on any atom is -0.507 e. The van der Waals surface area contributed by atoms with Gasteiger partial charge in [0.2, 0.25) is 0 Å². The summed E-state index contributed by atoms with van der Waals surface area (Å²) in [5, 5.41) is 22.4. The average Bonchev–Trinajstić information content (AvgIpc) is 3.84. The number of aromatic nitrogens is 6. The van der Waals surface area contributed by atoms with Crippen LogP contribution in [0.2, 0.25) is 0 Å². The number of aryl methyl sites for hydroxylation is 2. The zero-order valence-electron chi connectivity index (χ0n) is 24.3. The number of fused-ring (bicyclic) bond motifs is 2. The largest absolute Gasteiger partial charge is 0.507 e. The van der Waals surface area contributed by atoms with Gasteiger partial charge in [0.1, 0.15) is 29.4 Å². The number of carbonyl (C=O) groups excluding carboxylic acids is 2. The maximum absolute atomic E-state index is 10.2. The highest BCUT2D eigenvalue weighted by molar-refractivity contribution is 5.85. The number of pyridine rings is 2. The summed E-state index contributed by atoms with van der Waals surface area (Å²) in [7, 11) is 1.50. The van der Waals surface area contributed by atoms with Crippen molar-refractivity contribution in [3.05, 3.63) is 107 Å². The number of nitrogens with zero attached hydrogens (tertiary/aromatic N) is 7. The third-order valence-corrected chi connectivity index (χ3v) is 7.17. The van der Waals surface area contributed by atoms with E-state index in [9.17, 15) is 9.59 Å². The number of hydrogen-bond donors (Lipinski definition) is 3. The van der Waals surface area contributed by atoms with Gasteiger partial charge in [0.05, 0.1) is 29.1 Å². The number of anilines is 1. The molecule has 0 fully saturated rings. The molecule has 0 bridgehead atoms. The van der Waals surface area contributed by atoms with Crippen LogP contribution >= 0.6 is 0 Å². The van der Waals surface area contributed by atoms with Crippen molar-refractivity contribution >= 4 is 29.6 Å². The van der Waals surface area contributed by atoms with Crippen LogP contribution in [0.3, 0.4) is 0 Å². The Kier molecular flexibility index (Phi) is 9.02. The summed E-state index contributed by atoms with van der Waals surface area (Å²) in [5.41, 5.74) is 17.6. The molecule has 7 rings (SSSR count). The number of phenols is 1. The first-order chi connectivity index (χ1) is 22.0. The van der Waals surface area contributed by atoms with Gasteiger partial charge in [-0.15, -0.1) is 0 Å². The summed E-state index contributed by atoms with van der Waals surface area (Å²) in [4.78, 5) is 34.4. The number of phenolic OH excluding ortho intramolecular Hbond substituents is 1. The third kappa shape index (κ3) is 6.15. The van der Waals surface area contributed by atoms with Crippen LogP contribution in [0.15, 0.2) is 79.3 Å². The highest BCUT2D eigenvalue weighted by Crippen LogP contribution is 2.33. The zero-order chi connectivity index (χ0) is 31.9. The maximum atomic E-state index is 10.2. The van der Waals surface area contributed by atoms with Crippen molar-refractivity contribution < 1.29 is 14.7 Å². The maximum Gasteiger partial charge on any atom is 0.167 e. The van der Waals surface area contributed by atoms with Crippen LogP contribution in [0, 0.1) is 11.3 Å². The Labute approximate surface area is 258 Å². The SMILES string of the molecule is CN.N#Cc1cnn(-c2ccc3nc(-c4cccnc4N)n(-c4ccc5c(c4)CCC5)c3n2)c1.O=Cc1ccc(O)c(C=O)c1. The van der Waals surface area contributed by atoms with Crippen LogP contribution in [0.25, 0.3) is 34.1 Å². The van der Waals surface area contributed by atoms with Gasteiger partial charge in [0, 0.05) is 17.4 Å². The molecule has 5 N–H and O–H groups in total. The first kappa shape index (κ1) is 30.3. The number of imidazole rings is 1. The lowest BCUT2D eigenvalue weighted by molar-refractivity contribution is 0.112. The second-order valence-electron chi connectivity index (χ2n) is 9.87. The van der Waals surface area contributed by atoms with Gasteiger partial charge in [-0.3, -0.25) is 14.2 Å². The van der Waals surface area contributed by atoms with Crippen molar-refractivity contribution in [3.8, 4) is 34.7 Å². The molecule has 45 heavy (non-hydrogen) atoms. The number of nitriles is 1. The van der Waals surface area contributed by atoms with Crippen molar-refractivity contribution in [1.82, 2.24) is 29.3 Å². The number of aldehydes is 2. The fraction of sp³-hybridized carbons (Fsp3) is 0.121. The fourth-order valence-corrected chi connectivity index (χ4v) is 5.05. The van der Waals surface area contributed by atoms with E-state index in [-0.39, 0.29) is 11.3 Å². The molecule has 1 aliphatic rings. The molecule has 1 aliphatic carbocycles. The molecule has 0 radical (unpaired) electrons. The van der Waals surface area contributed by atoms with E-state index < -0.39 is 0 Å². The summed E-state index contributed by atoms with van der Waals surface area (Å²) >= 11 is 0. The molecular formula is C33H29N9O3. The van der Waals surface area contributed by atoms with Crippen molar-refractivity contribution in [3.63, 3.8) is 0 Å². The van der Waals surface area contributed by atoms with Crippen molar-refractivity contribution in [2.45, 2.75) is 19.3 Å². The Morgan fingerprint density at radius 2 is 1.80 bits per heavy atom. The normalized spacial score (nSPS) is 11.4. The van der Waals surface area contributed by atoms with Crippen LogP contribution in [0.1, 0.15) is 43.8 Å². The fourth-order valence-electron chi connectivity index (χ4n) is 5.05. The second kappa shape index (κ2) is 13.4. The highest BCUT2D eigenvalue weighted by Gasteiger charge is 2.20. The quantitative estimate of drug-likeness (QED) is 0.242. The molecule has 0 unspecified atom stereocenters. The lowest BCUT2D eigenvalue weighted by atomic mass is 10.1. The lowest BCUT2D eigenvalue weighted by Crippen LogP contribution is -2.04. The predicted molar refractivity (Wildman–Crippen MR) is 169 cm³/mol. The molecule has 0 saturated carbocycles. The minimum absolute atomic E-state index is 0.106. The Hall–Kier alpha value is -6.19. The standard InChI is InChI=1S/C24H18N8.C8H6O3.CH5N/c25-12-15-13-28-31(14-15)21-9-8-20-24(30-21)32(18-7-6-16-3-1-4-17(16)11-18)23(29-20)19-5-2-10-27-22(19)26;9-4-6-1-2-8(11)7(3-6)5-10;1-2/h2,5-11,13-14H,1,3-4H2,(H2,26,27);1-5,11H;2H2,1H3. The average molecular weight is 600 g/mol. The van der Waals surface area contributed by atoms with Crippen LogP contribution in [-0.2, 0) is 12.8 Å². The molecule has 4 heterocycles. The van der Waals surface area contributed by atoms with Gasteiger partial charge in [-0.1, -0.05) is 6.07 Å². The summed E-state index contributed by atoms with van der Waals surface area (Å²) in [6, 6.07) is 20.2. The number of nitrogen functional groups attached to an aromatic ring is 1. The van der Waals surface area contributed by atoms with Gasteiger partial charge in [-0.25, -0.2) is 19.6 Å². The van der Waals surface area contributed by atoms with E-state index in [1.54, 1.807) is 17.1 Å². The molecule has 6 aromatic rings. The predicted octanol–water partition coefficient (Wildman–Crippen LogP) is 4.20. The Morgan fingerprint density at radius 1 is 0.978 bits per heavy atom. The van der Waals surface area contributed by atoms with E-state index >= 15 is 0 Å². The van der Waals surface area contributed by atoms with E-state index in [2.05, 4.69) is 40.1 Å². The summed E-state index contributed by atoms with van der Waals surface area (Å²) in [6.45, 7) is 0. The Balaban J connectivity index is 0.000000261. The first-order valence-electron chi connectivity index (χ1n) is 14.0. The van der Waals surface area contributed by atoms with Gasteiger partial charge in [0.15, 0.2) is 23.6 Å². The molecule has 224 valence electrons. The van der Waals surface area contributed by atoms with Gasteiger partial charge in [-0.2, -0.15) is 10.4 Å². The molecule has 0 atom stereocenters. The molecule has 4 aromatic heterocycles. The molecule has 12 heteroatoms. The van der Waals surface area contributed by atoms with E-state index in [4.69, 9.17) is 26.1 Å². The van der Waals surface area contributed by atoms with Gasteiger partial charge in [-0.05, 0) is 92.0 Å². The third-order valence-electron chi connectivity index (χ3n) is 7.17. The number of benzene rings is 2. The number of aromatic hydroxyl groups is 1. The highest BCUT2D eigenvalue weighted by atomic mass is 16.3. The molecule has 0 saturated heterocycles. The minimum atomic E-state index is -0.106. The zero-order valence-corrected chi connectivity index (χ0v) is 24.3. The van der Waals surface area contributed by atoms with Gasteiger partial charge in [0.25, 0.3) is 0 Å². The molecule has 0 aliphatic heterocycles. The van der Waals surface area contributed by atoms with Crippen LogP contribution in [-0.4, -0.2) is 54.0 Å². The lowest BCUT2D eigenvalue weighted by Gasteiger charge is -2.12. The van der Waals surface area contributed by atoms with E-state index in [1.807, 2.05) is 28.8 Å². The van der Waals surface area contributed by atoms with Gasteiger partial charge >= 0.3 is 0 Å². The number of carbonyl (C=O) groups is 2. The Bertz CT molecular complexity index is 2060. The van der Waals surface area contributed by atoms with Crippen molar-refractivity contribution in [1.29, 1.82) is 5.26 Å². The molecular weight excluding hydrogens is 570 g/mol. The number of rotatable bonds is 5. The van der Waals surface area contributed by atoms with E-state index in [1.165, 1.54) is 49.0 Å². The Morgan fingerprint density at radius 3 is 2.53 bits per heavy atom. The molecule has 12 nitrogen and oxygen atoms in total. The van der Waals surface area contributed by atoms with Crippen LogP contribution < -0.4 is 11.5 Å². The van der Waals surface area contributed by atoms with Crippen LogP contribution in [0.4, 0.5) is 5.82 Å². The smallest absolute Gasteiger partial charge is 0.167 e. The number of nitrogens with two attached hydrogens (primary N) is 2.